The van der Waals surface area contributed by atoms with Gasteiger partial charge >= 0.3 is 0 Å². The molecule has 0 bridgehead atoms. The van der Waals surface area contributed by atoms with E-state index in [0.717, 1.165) is 53.2 Å². The van der Waals surface area contributed by atoms with E-state index in [2.05, 4.69) is 15.0 Å². The maximum atomic E-state index is 13.4. The van der Waals surface area contributed by atoms with Gasteiger partial charge in [0, 0.05) is 0 Å². The van der Waals surface area contributed by atoms with Gasteiger partial charge in [0.25, 0.3) is 0 Å². The zero-order chi connectivity index (χ0) is 27.0. The summed E-state index contributed by atoms with van der Waals surface area (Å²) in [5.74, 6) is -6.53. The van der Waals surface area contributed by atoms with Crippen molar-refractivity contribution in [1.82, 2.24) is 15.0 Å². The first-order valence-corrected chi connectivity index (χ1v) is 14.3. The Balaban J connectivity index is 1.34. The van der Waals surface area contributed by atoms with Crippen LogP contribution in [-0.4, -0.2) is 50.4 Å². The van der Waals surface area contributed by atoms with Gasteiger partial charge in [-0.25, -0.2) is 14.7 Å². The fourth-order valence-electron chi connectivity index (χ4n) is 7.72. The molecule has 0 N–H and O–H groups in total. The summed E-state index contributed by atoms with van der Waals surface area (Å²) in [5.41, 5.74) is 0. The first-order chi connectivity index (χ1) is 18.9. The lowest BCUT2D eigenvalue weighted by Gasteiger charge is -2.20. The molecule has 6 aliphatic rings. The van der Waals surface area contributed by atoms with E-state index in [-0.39, 0.29) is 17.8 Å². The molecular formula is C27H30N6O6. The Hall–Kier alpha value is -3.57. The quantitative estimate of drug-likeness (QED) is 0.530. The van der Waals surface area contributed by atoms with Crippen molar-refractivity contribution in [1.29, 1.82) is 0 Å². The van der Waals surface area contributed by atoms with Crippen molar-refractivity contribution in [2.24, 2.45) is 35.5 Å². The molecule has 12 heteroatoms. The molecule has 12 nitrogen and oxygen atoms in total. The summed E-state index contributed by atoms with van der Waals surface area (Å²) >= 11 is 0. The van der Waals surface area contributed by atoms with Crippen molar-refractivity contribution in [3.05, 3.63) is 0 Å². The highest BCUT2D eigenvalue weighted by molar-refractivity contribution is 6.24. The van der Waals surface area contributed by atoms with Crippen molar-refractivity contribution < 1.29 is 28.8 Å². The van der Waals surface area contributed by atoms with Gasteiger partial charge < -0.3 is 0 Å². The molecule has 0 spiro atoms. The Labute approximate surface area is 224 Å². The van der Waals surface area contributed by atoms with Crippen molar-refractivity contribution in [2.75, 3.05) is 14.7 Å². The first kappa shape index (κ1) is 24.5. The molecule has 6 amide bonds. The minimum absolute atomic E-state index is 0.342. The van der Waals surface area contributed by atoms with Crippen LogP contribution in [0, 0.1) is 35.5 Å². The SMILES string of the molecule is O=C1C2CCCCC2C(=O)N1c1nc(N2C(=O)C3CCCCC3C2=O)nc(N2C(=O)C3CCCCC3C2=O)n1. The summed E-state index contributed by atoms with van der Waals surface area (Å²) in [4.78, 5) is 96.1. The first-order valence-electron chi connectivity index (χ1n) is 14.3. The van der Waals surface area contributed by atoms with E-state index in [0.29, 0.717) is 38.5 Å². The van der Waals surface area contributed by atoms with Crippen LogP contribution in [-0.2, 0) is 28.8 Å². The monoisotopic (exact) mass is 534 g/mol. The van der Waals surface area contributed by atoms with Gasteiger partial charge in [-0.05, 0) is 38.5 Å². The smallest absolute Gasteiger partial charge is 0.245 e. The average molecular weight is 535 g/mol. The highest BCUT2D eigenvalue weighted by Crippen LogP contribution is 2.44. The van der Waals surface area contributed by atoms with Gasteiger partial charge in [0.1, 0.15) is 0 Å². The van der Waals surface area contributed by atoms with Gasteiger partial charge in [-0.2, -0.15) is 15.0 Å². The van der Waals surface area contributed by atoms with Crippen molar-refractivity contribution in [2.45, 2.75) is 77.0 Å². The number of amides is 6. The second kappa shape index (κ2) is 8.99. The molecule has 0 aromatic carbocycles. The Kier molecular flexibility index (Phi) is 5.64. The predicted octanol–water partition coefficient (Wildman–Crippen LogP) is 1.91. The average Bonchev–Trinajstić information content (AvgIpc) is 3.48. The summed E-state index contributed by atoms with van der Waals surface area (Å²) in [6.45, 7) is 0. The molecule has 6 unspecified atom stereocenters. The fraction of sp³-hybridized carbons (Fsp3) is 0.667. The maximum Gasteiger partial charge on any atom is 0.245 e. The zero-order valence-corrected chi connectivity index (χ0v) is 21.6. The van der Waals surface area contributed by atoms with Crippen molar-refractivity contribution >= 4 is 53.3 Å². The van der Waals surface area contributed by atoms with E-state index in [4.69, 9.17) is 0 Å². The van der Waals surface area contributed by atoms with Gasteiger partial charge in [-0.1, -0.05) is 38.5 Å². The molecule has 0 radical (unpaired) electrons. The van der Waals surface area contributed by atoms with Crippen LogP contribution in [0.5, 0.6) is 0 Å². The molecule has 1 aromatic heterocycles. The largest absolute Gasteiger partial charge is 0.274 e. The van der Waals surface area contributed by atoms with Gasteiger partial charge in [-0.3, -0.25) is 28.8 Å². The van der Waals surface area contributed by atoms with Crippen LogP contribution in [0.25, 0.3) is 0 Å². The Bertz CT molecular complexity index is 1090. The molecule has 6 atom stereocenters. The van der Waals surface area contributed by atoms with Gasteiger partial charge in [0.15, 0.2) is 0 Å². The number of hydrogen-bond donors (Lipinski definition) is 0. The molecule has 7 rings (SSSR count). The molecule has 4 heterocycles. The topological polar surface area (TPSA) is 151 Å². The van der Waals surface area contributed by atoms with E-state index in [9.17, 15) is 28.8 Å². The Morgan fingerprint density at radius 3 is 0.718 bits per heavy atom. The van der Waals surface area contributed by atoms with Crippen LogP contribution in [0.1, 0.15) is 77.0 Å². The Morgan fingerprint density at radius 2 is 0.538 bits per heavy atom. The second-order valence-electron chi connectivity index (χ2n) is 11.8. The van der Waals surface area contributed by atoms with Crippen molar-refractivity contribution in [3.8, 4) is 0 Å². The second-order valence-corrected chi connectivity index (χ2v) is 11.8. The number of hydrogen-bond acceptors (Lipinski definition) is 9. The lowest BCUT2D eigenvalue weighted by molar-refractivity contribution is -0.124. The third kappa shape index (κ3) is 3.52. The molecule has 3 saturated carbocycles. The number of imide groups is 3. The molecule has 204 valence electrons. The van der Waals surface area contributed by atoms with Crippen molar-refractivity contribution in [3.63, 3.8) is 0 Å². The van der Waals surface area contributed by atoms with E-state index in [1.54, 1.807) is 0 Å². The van der Waals surface area contributed by atoms with E-state index in [1.807, 2.05) is 0 Å². The number of fused-ring (bicyclic) bond motifs is 3. The molecular weight excluding hydrogens is 504 g/mol. The summed E-state index contributed by atoms with van der Waals surface area (Å²) in [5, 5.41) is 0. The number of rotatable bonds is 3. The number of carbonyl (C=O) groups excluding carboxylic acids is 6. The summed E-state index contributed by atoms with van der Waals surface area (Å²) in [7, 11) is 0. The summed E-state index contributed by atoms with van der Waals surface area (Å²) in [6, 6.07) is 0. The molecule has 6 fully saturated rings. The number of aromatic nitrogens is 3. The minimum Gasteiger partial charge on any atom is -0.274 e. The molecule has 3 aliphatic heterocycles. The van der Waals surface area contributed by atoms with Gasteiger partial charge in [-0.15, -0.1) is 0 Å². The van der Waals surface area contributed by atoms with Crippen LogP contribution in [0.4, 0.5) is 17.8 Å². The highest BCUT2D eigenvalue weighted by atomic mass is 16.2. The lowest BCUT2D eigenvalue weighted by atomic mass is 9.81. The van der Waals surface area contributed by atoms with Gasteiger partial charge in [0.05, 0.1) is 35.5 Å². The molecule has 1 aromatic rings. The third-order valence-corrected chi connectivity index (χ3v) is 9.72. The maximum absolute atomic E-state index is 13.4. The third-order valence-electron chi connectivity index (χ3n) is 9.72. The number of anilines is 3. The zero-order valence-electron chi connectivity index (χ0n) is 21.6. The number of nitrogens with zero attached hydrogens (tertiary/aromatic N) is 6. The van der Waals surface area contributed by atoms with Crippen LogP contribution >= 0.6 is 0 Å². The number of carbonyl (C=O) groups is 6. The minimum atomic E-state index is -0.481. The normalized spacial score (nSPS) is 34.6. The van der Waals surface area contributed by atoms with E-state index >= 15 is 0 Å². The van der Waals surface area contributed by atoms with Crippen LogP contribution in [0.2, 0.25) is 0 Å². The summed E-state index contributed by atoms with van der Waals surface area (Å²) in [6.07, 6.45) is 8.48. The molecule has 3 aliphatic carbocycles. The fourth-order valence-corrected chi connectivity index (χ4v) is 7.72. The van der Waals surface area contributed by atoms with E-state index in [1.165, 1.54) is 0 Å². The van der Waals surface area contributed by atoms with Crippen LogP contribution in [0.15, 0.2) is 0 Å². The lowest BCUT2D eigenvalue weighted by Crippen LogP contribution is -2.38. The van der Waals surface area contributed by atoms with Gasteiger partial charge in [0.2, 0.25) is 53.3 Å². The molecule has 3 saturated heterocycles. The standard InChI is InChI=1S/C27H30N6O6/c34-19-13-7-1-2-8-14(13)20(35)31(19)25-28-26(32-21(36)15-9-3-4-10-16(15)22(32)37)30-27(29-25)33-23(38)17-11-5-6-12-18(17)24(33)39/h13-18H,1-12H2. The highest BCUT2D eigenvalue weighted by Gasteiger charge is 2.54. The molecule has 39 heavy (non-hydrogen) atoms. The Morgan fingerprint density at radius 1 is 0.359 bits per heavy atom. The van der Waals surface area contributed by atoms with E-state index < -0.39 is 71.0 Å². The predicted molar refractivity (Wildman–Crippen MR) is 134 cm³/mol. The van der Waals surface area contributed by atoms with Crippen LogP contribution < -0.4 is 14.7 Å². The summed E-state index contributed by atoms with van der Waals surface area (Å²) < 4.78 is 0. The van der Waals surface area contributed by atoms with Crippen LogP contribution in [0.3, 0.4) is 0 Å².